The average Bonchev–Trinajstić information content (AvgIpc) is 3.42. The summed E-state index contributed by atoms with van der Waals surface area (Å²) in [5, 5.41) is 4.60. The molecule has 0 spiro atoms. The van der Waals surface area contributed by atoms with Crippen molar-refractivity contribution in [1.82, 2.24) is 15.3 Å². The van der Waals surface area contributed by atoms with Crippen molar-refractivity contribution in [1.29, 1.82) is 0 Å². The Kier molecular flexibility index (Phi) is 5.72. The molecule has 7 nitrogen and oxygen atoms in total. The Labute approximate surface area is 175 Å². The molecule has 1 aromatic heterocycles. The number of nitrogens with two attached hydrogens (primary N) is 2. The number of nitrogens with zero attached hydrogens (tertiary/aromatic N) is 2. The number of oxazole rings is 1. The fraction of sp³-hybridized carbons (Fsp3) is 0.304. The van der Waals surface area contributed by atoms with Gasteiger partial charge < -0.3 is 20.5 Å². The van der Waals surface area contributed by atoms with E-state index in [4.69, 9.17) is 16.0 Å². The number of fused-ring (bicyclic) bond motifs is 1. The molecule has 1 amide bonds. The van der Waals surface area contributed by atoms with E-state index in [0.717, 1.165) is 47.2 Å². The van der Waals surface area contributed by atoms with Gasteiger partial charge in [0.1, 0.15) is 5.52 Å². The summed E-state index contributed by atoms with van der Waals surface area (Å²) in [5.74, 6) is 7.11. The zero-order valence-electron chi connectivity index (χ0n) is 17.0. The molecule has 2 atom stereocenters. The molecule has 1 saturated carbocycles. The van der Waals surface area contributed by atoms with Gasteiger partial charge in [-0.2, -0.15) is 0 Å². The van der Waals surface area contributed by atoms with Crippen molar-refractivity contribution in [3.63, 3.8) is 0 Å². The third kappa shape index (κ3) is 3.89. The largest absolute Gasteiger partial charge is 0.436 e. The van der Waals surface area contributed by atoms with E-state index in [-0.39, 0.29) is 17.9 Å². The van der Waals surface area contributed by atoms with Gasteiger partial charge in [0.05, 0.1) is 5.70 Å². The fourth-order valence-electron chi connectivity index (χ4n) is 4.07. The Balaban J connectivity index is 1.49. The quantitative estimate of drug-likeness (QED) is 0.429. The van der Waals surface area contributed by atoms with Crippen LogP contribution in [0.5, 0.6) is 0 Å². The highest BCUT2D eigenvalue weighted by atomic mass is 16.3. The standard InChI is InChI=1S/C23H27N5O2/c1-2-26-22(29)17-11-12-18(13-17)28(25)20(14-24)15-7-9-16(10-8-15)23-27-19-5-3-4-6-21(19)30-23/h3-10,14,17-18H,2,11-13,24-25H2,1H3,(H,26,29)/b20-14-. The van der Waals surface area contributed by atoms with E-state index in [1.165, 1.54) is 6.20 Å². The van der Waals surface area contributed by atoms with Crippen LogP contribution >= 0.6 is 0 Å². The Morgan fingerprint density at radius 2 is 2.00 bits per heavy atom. The predicted molar refractivity (Wildman–Crippen MR) is 117 cm³/mol. The molecule has 1 aliphatic carbocycles. The summed E-state index contributed by atoms with van der Waals surface area (Å²) >= 11 is 0. The number of benzene rings is 2. The average molecular weight is 406 g/mol. The second-order valence-electron chi connectivity index (χ2n) is 7.58. The SMILES string of the molecule is CCNC(=O)C1CCC(N(N)/C(=C\N)c2ccc(-c3nc4ccccc4o3)cc2)C1. The molecule has 1 aliphatic rings. The van der Waals surface area contributed by atoms with Crippen molar-refractivity contribution >= 4 is 22.7 Å². The van der Waals surface area contributed by atoms with Gasteiger partial charge in [0.2, 0.25) is 11.8 Å². The van der Waals surface area contributed by atoms with Gasteiger partial charge in [-0.3, -0.25) is 4.79 Å². The Hall–Kier alpha value is -3.32. The lowest BCUT2D eigenvalue weighted by molar-refractivity contribution is -0.124. The molecule has 0 bridgehead atoms. The maximum atomic E-state index is 12.1. The minimum Gasteiger partial charge on any atom is -0.436 e. The van der Waals surface area contributed by atoms with E-state index in [1.807, 2.05) is 55.5 Å². The maximum absolute atomic E-state index is 12.1. The molecule has 7 heteroatoms. The maximum Gasteiger partial charge on any atom is 0.227 e. The summed E-state index contributed by atoms with van der Waals surface area (Å²) < 4.78 is 5.84. The van der Waals surface area contributed by atoms with Crippen LogP contribution in [0.3, 0.4) is 0 Å². The summed E-state index contributed by atoms with van der Waals surface area (Å²) in [6.45, 7) is 2.58. The monoisotopic (exact) mass is 405 g/mol. The van der Waals surface area contributed by atoms with E-state index in [9.17, 15) is 4.79 Å². The number of carbonyl (C=O) groups excluding carboxylic acids is 1. The van der Waals surface area contributed by atoms with Gasteiger partial charge in [0.15, 0.2) is 5.58 Å². The smallest absolute Gasteiger partial charge is 0.227 e. The third-order valence-corrected chi connectivity index (χ3v) is 5.68. The Morgan fingerprint density at radius 1 is 1.23 bits per heavy atom. The number of hydrogen-bond acceptors (Lipinski definition) is 6. The zero-order chi connectivity index (χ0) is 21.1. The van der Waals surface area contributed by atoms with Crippen molar-refractivity contribution < 1.29 is 9.21 Å². The number of amides is 1. The van der Waals surface area contributed by atoms with Gasteiger partial charge in [0, 0.05) is 35.8 Å². The highest BCUT2D eigenvalue weighted by molar-refractivity contribution is 5.79. The normalized spacial score (nSPS) is 19.2. The molecular weight excluding hydrogens is 378 g/mol. The van der Waals surface area contributed by atoms with Crippen LogP contribution in [0.2, 0.25) is 0 Å². The molecule has 5 N–H and O–H groups in total. The molecule has 1 heterocycles. The fourth-order valence-corrected chi connectivity index (χ4v) is 4.07. The van der Waals surface area contributed by atoms with Crippen LogP contribution in [0, 0.1) is 5.92 Å². The molecule has 2 unspecified atom stereocenters. The number of hydrogen-bond donors (Lipinski definition) is 3. The minimum absolute atomic E-state index is 0.00144. The van der Waals surface area contributed by atoms with Crippen LogP contribution < -0.4 is 16.9 Å². The molecule has 0 aliphatic heterocycles. The highest BCUT2D eigenvalue weighted by Gasteiger charge is 2.33. The van der Waals surface area contributed by atoms with Gasteiger partial charge in [-0.1, -0.05) is 24.3 Å². The van der Waals surface area contributed by atoms with E-state index < -0.39 is 0 Å². The minimum atomic E-state index is 0.00144. The lowest BCUT2D eigenvalue weighted by Gasteiger charge is -2.28. The summed E-state index contributed by atoms with van der Waals surface area (Å²) in [6.07, 6.45) is 3.93. The van der Waals surface area contributed by atoms with Crippen LogP contribution in [0.4, 0.5) is 0 Å². The molecular formula is C23H27N5O2. The van der Waals surface area contributed by atoms with Gasteiger partial charge in [-0.05, 0) is 50.5 Å². The second-order valence-corrected chi connectivity index (χ2v) is 7.58. The number of para-hydroxylation sites is 2. The predicted octanol–water partition coefficient (Wildman–Crippen LogP) is 3.23. The molecule has 4 rings (SSSR count). The van der Waals surface area contributed by atoms with Crippen LogP contribution in [0.25, 0.3) is 28.3 Å². The van der Waals surface area contributed by atoms with Gasteiger partial charge in [0.25, 0.3) is 0 Å². The van der Waals surface area contributed by atoms with Crippen LogP contribution in [0.15, 0.2) is 59.1 Å². The van der Waals surface area contributed by atoms with Crippen molar-refractivity contribution in [2.24, 2.45) is 17.5 Å². The molecule has 1 fully saturated rings. The van der Waals surface area contributed by atoms with Crippen molar-refractivity contribution in [2.75, 3.05) is 6.54 Å². The molecule has 3 aromatic rings. The first kappa shape index (κ1) is 20.0. The number of nitrogens with one attached hydrogen (secondary N) is 1. The van der Waals surface area contributed by atoms with Gasteiger partial charge in [-0.25, -0.2) is 10.8 Å². The van der Waals surface area contributed by atoms with E-state index in [0.29, 0.717) is 12.4 Å². The summed E-state index contributed by atoms with van der Waals surface area (Å²) in [6, 6.07) is 15.6. The molecule has 2 aromatic carbocycles. The van der Waals surface area contributed by atoms with Crippen LogP contribution in [-0.2, 0) is 4.79 Å². The number of hydrazine groups is 1. The molecule has 0 radical (unpaired) electrons. The van der Waals surface area contributed by atoms with Crippen LogP contribution in [-0.4, -0.2) is 28.5 Å². The summed E-state index contributed by atoms with van der Waals surface area (Å²) in [5.41, 5.74) is 10.0. The summed E-state index contributed by atoms with van der Waals surface area (Å²) in [7, 11) is 0. The van der Waals surface area contributed by atoms with E-state index in [2.05, 4.69) is 10.3 Å². The zero-order valence-corrected chi connectivity index (χ0v) is 17.0. The second kappa shape index (κ2) is 8.59. The van der Waals surface area contributed by atoms with Gasteiger partial charge in [-0.15, -0.1) is 0 Å². The van der Waals surface area contributed by atoms with E-state index >= 15 is 0 Å². The number of rotatable bonds is 6. The first-order valence-corrected chi connectivity index (χ1v) is 10.3. The topological polar surface area (TPSA) is 110 Å². The highest BCUT2D eigenvalue weighted by Crippen LogP contribution is 2.32. The first-order valence-electron chi connectivity index (χ1n) is 10.3. The number of carbonyl (C=O) groups is 1. The molecule has 30 heavy (non-hydrogen) atoms. The Bertz CT molecular complexity index is 1020. The first-order chi connectivity index (χ1) is 14.6. The summed E-state index contributed by atoms with van der Waals surface area (Å²) in [4.78, 5) is 16.7. The molecule has 0 saturated heterocycles. The van der Waals surface area contributed by atoms with E-state index in [1.54, 1.807) is 5.01 Å². The molecule has 156 valence electrons. The van der Waals surface area contributed by atoms with Crippen molar-refractivity contribution in [3.8, 4) is 11.5 Å². The van der Waals surface area contributed by atoms with Crippen molar-refractivity contribution in [3.05, 3.63) is 60.3 Å². The Morgan fingerprint density at radius 3 is 2.70 bits per heavy atom. The lowest BCUT2D eigenvalue weighted by atomic mass is 10.1. The van der Waals surface area contributed by atoms with Crippen molar-refractivity contribution in [2.45, 2.75) is 32.2 Å². The van der Waals surface area contributed by atoms with Gasteiger partial charge >= 0.3 is 0 Å². The number of aromatic nitrogens is 1. The van der Waals surface area contributed by atoms with Crippen LogP contribution in [0.1, 0.15) is 31.7 Å². The lowest BCUT2D eigenvalue weighted by Crippen LogP contribution is -2.39. The third-order valence-electron chi connectivity index (χ3n) is 5.68.